The molecule has 0 bridgehead atoms. The highest BCUT2D eigenvalue weighted by Crippen LogP contribution is 2.31. The molecule has 0 aliphatic carbocycles. The van der Waals surface area contributed by atoms with Crippen LogP contribution in [0.2, 0.25) is 0 Å². The normalized spacial score (nSPS) is 15.7. The van der Waals surface area contributed by atoms with Crippen molar-refractivity contribution >= 4 is 16.7 Å². The van der Waals surface area contributed by atoms with Crippen molar-refractivity contribution in [1.29, 1.82) is 0 Å². The van der Waals surface area contributed by atoms with E-state index in [-0.39, 0.29) is 0 Å². The highest BCUT2D eigenvalue weighted by atomic mass is 19.4. The van der Waals surface area contributed by atoms with E-state index >= 15 is 0 Å². The Labute approximate surface area is 180 Å². The van der Waals surface area contributed by atoms with Crippen LogP contribution in [0.1, 0.15) is 29.5 Å². The molecule has 2 heterocycles. The number of benzene rings is 2. The lowest BCUT2D eigenvalue weighted by Gasteiger charge is -2.36. The number of rotatable bonds is 6. The van der Waals surface area contributed by atoms with Crippen LogP contribution in [0.15, 0.2) is 36.4 Å². The highest BCUT2D eigenvalue weighted by Gasteiger charge is 2.31. The zero-order valence-electron chi connectivity index (χ0n) is 18.0. The summed E-state index contributed by atoms with van der Waals surface area (Å²) < 4.78 is 40.9. The van der Waals surface area contributed by atoms with E-state index in [0.29, 0.717) is 5.69 Å². The van der Waals surface area contributed by atoms with Crippen molar-refractivity contribution in [2.45, 2.75) is 39.4 Å². The molecule has 4 rings (SSSR count). The molecule has 0 N–H and O–H groups in total. The fourth-order valence-electron chi connectivity index (χ4n) is 4.09. The molecule has 1 aliphatic rings. The number of anilines is 1. The number of halogens is 3. The summed E-state index contributed by atoms with van der Waals surface area (Å²) in [6.45, 7) is 9.22. The molecule has 0 atom stereocenters. The fourth-order valence-corrected chi connectivity index (χ4v) is 4.09. The molecular formula is C23H28F3N5. The maximum atomic E-state index is 13.0. The van der Waals surface area contributed by atoms with Crippen molar-refractivity contribution in [1.82, 2.24) is 19.9 Å². The minimum Gasteiger partial charge on any atom is -0.369 e. The summed E-state index contributed by atoms with van der Waals surface area (Å²) in [5.74, 6) is 0. The molecule has 31 heavy (non-hydrogen) atoms. The van der Waals surface area contributed by atoms with Crippen LogP contribution in [0.4, 0.5) is 18.9 Å². The van der Waals surface area contributed by atoms with Gasteiger partial charge in [0.25, 0.3) is 0 Å². The summed E-state index contributed by atoms with van der Waals surface area (Å²) in [6.07, 6.45) is -2.24. The maximum absolute atomic E-state index is 13.0. The number of unbranched alkanes of at least 4 members (excludes halogenated alkanes) is 1. The zero-order valence-corrected chi connectivity index (χ0v) is 18.0. The van der Waals surface area contributed by atoms with Crippen LogP contribution in [-0.4, -0.2) is 52.6 Å². The molecule has 0 saturated carbocycles. The Balaban J connectivity index is 1.24. The molecular weight excluding hydrogens is 403 g/mol. The van der Waals surface area contributed by atoms with Gasteiger partial charge in [0.2, 0.25) is 0 Å². The van der Waals surface area contributed by atoms with Gasteiger partial charge in [-0.2, -0.15) is 13.2 Å². The van der Waals surface area contributed by atoms with E-state index in [9.17, 15) is 13.2 Å². The summed E-state index contributed by atoms with van der Waals surface area (Å²) in [5, 5.41) is 8.57. The molecule has 1 fully saturated rings. The Morgan fingerprint density at radius 1 is 0.903 bits per heavy atom. The Kier molecular flexibility index (Phi) is 6.18. The summed E-state index contributed by atoms with van der Waals surface area (Å²) in [4.78, 5) is 4.43. The summed E-state index contributed by atoms with van der Waals surface area (Å²) >= 11 is 0. The number of fused-ring (bicyclic) bond motifs is 1. The second-order valence-corrected chi connectivity index (χ2v) is 8.32. The standard InChI is InChI=1S/C23H28F3N5/c1-17-14-21-22(15-18(17)2)31(28-27-21)9-4-3-8-29-10-12-30(13-11-29)20-7-5-6-19(16-20)23(24,25)26/h5-7,14-16H,3-4,8-13H2,1-2H3. The number of hydrogen-bond acceptors (Lipinski definition) is 4. The van der Waals surface area contributed by atoms with Crippen molar-refractivity contribution in [3.63, 3.8) is 0 Å². The fraction of sp³-hybridized carbons (Fsp3) is 0.478. The molecule has 5 nitrogen and oxygen atoms in total. The number of alkyl halides is 3. The van der Waals surface area contributed by atoms with E-state index in [1.165, 1.54) is 23.3 Å². The van der Waals surface area contributed by atoms with Crippen LogP contribution in [0.25, 0.3) is 11.0 Å². The van der Waals surface area contributed by atoms with Gasteiger partial charge < -0.3 is 4.90 Å². The SMILES string of the molecule is Cc1cc2nnn(CCCCN3CCN(c4cccc(C(F)(F)F)c4)CC3)c2cc1C. The second-order valence-electron chi connectivity index (χ2n) is 8.32. The molecule has 0 radical (unpaired) electrons. The Hall–Kier alpha value is -2.61. The van der Waals surface area contributed by atoms with E-state index in [1.54, 1.807) is 6.07 Å². The molecule has 8 heteroatoms. The molecule has 0 amide bonds. The van der Waals surface area contributed by atoms with Crippen molar-refractivity contribution in [2.75, 3.05) is 37.6 Å². The van der Waals surface area contributed by atoms with E-state index < -0.39 is 11.7 Å². The first kappa shape index (κ1) is 21.6. The van der Waals surface area contributed by atoms with Gasteiger partial charge in [-0.25, -0.2) is 4.68 Å². The molecule has 166 valence electrons. The van der Waals surface area contributed by atoms with Crippen LogP contribution in [0, 0.1) is 13.8 Å². The van der Waals surface area contributed by atoms with Crippen LogP contribution in [0.3, 0.4) is 0 Å². The number of hydrogen-bond donors (Lipinski definition) is 0. The van der Waals surface area contributed by atoms with E-state index in [4.69, 9.17) is 0 Å². The van der Waals surface area contributed by atoms with Crippen molar-refractivity contribution in [3.8, 4) is 0 Å². The van der Waals surface area contributed by atoms with E-state index in [2.05, 4.69) is 41.2 Å². The predicted molar refractivity (Wildman–Crippen MR) is 116 cm³/mol. The highest BCUT2D eigenvalue weighted by molar-refractivity contribution is 5.76. The lowest BCUT2D eigenvalue weighted by Crippen LogP contribution is -2.46. The third-order valence-corrected chi connectivity index (χ3v) is 6.13. The Morgan fingerprint density at radius 3 is 2.35 bits per heavy atom. The van der Waals surface area contributed by atoms with Crippen LogP contribution < -0.4 is 4.90 Å². The summed E-state index contributed by atoms with van der Waals surface area (Å²) in [5.41, 5.74) is 4.56. The number of aryl methyl sites for hydroxylation is 3. The first-order valence-corrected chi connectivity index (χ1v) is 10.8. The number of nitrogens with zero attached hydrogens (tertiary/aromatic N) is 5. The topological polar surface area (TPSA) is 37.2 Å². The van der Waals surface area contributed by atoms with Crippen molar-refractivity contribution in [3.05, 3.63) is 53.1 Å². The van der Waals surface area contributed by atoms with Crippen LogP contribution in [-0.2, 0) is 12.7 Å². The minimum atomic E-state index is -4.30. The van der Waals surface area contributed by atoms with E-state index in [1.807, 2.05) is 9.58 Å². The van der Waals surface area contributed by atoms with Gasteiger partial charge in [0, 0.05) is 38.4 Å². The second kappa shape index (κ2) is 8.86. The van der Waals surface area contributed by atoms with Gasteiger partial charge in [0.15, 0.2) is 0 Å². The Morgan fingerprint density at radius 2 is 1.61 bits per heavy atom. The van der Waals surface area contributed by atoms with Crippen LogP contribution in [0.5, 0.6) is 0 Å². The van der Waals surface area contributed by atoms with Crippen molar-refractivity contribution < 1.29 is 13.2 Å². The minimum absolute atomic E-state index is 0.585. The lowest BCUT2D eigenvalue weighted by molar-refractivity contribution is -0.137. The van der Waals surface area contributed by atoms with Gasteiger partial charge >= 0.3 is 6.18 Å². The Bertz CT molecular complexity index is 1040. The molecule has 1 saturated heterocycles. The zero-order chi connectivity index (χ0) is 22.0. The monoisotopic (exact) mass is 431 g/mol. The van der Waals surface area contributed by atoms with Crippen LogP contribution >= 0.6 is 0 Å². The van der Waals surface area contributed by atoms with Gasteiger partial charge in [-0.1, -0.05) is 11.3 Å². The summed E-state index contributed by atoms with van der Waals surface area (Å²) in [7, 11) is 0. The third kappa shape index (κ3) is 5.01. The van der Waals surface area contributed by atoms with Gasteiger partial charge in [-0.05, 0) is 74.7 Å². The quantitative estimate of drug-likeness (QED) is 0.532. The van der Waals surface area contributed by atoms with Crippen molar-refractivity contribution in [2.24, 2.45) is 0 Å². The summed E-state index contributed by atoms with van der Waals surface area (Å²) in [6, 6.07) is 9.86. The third-order valence-electron chi connectivity index (χ3n) is 6.13. The molecule has 0 unspecified atom stereocenters. The number of aromatic nitrogens is 3. The van der Waals surface area contributed by atoms with Gasteiger partial charge in [0.05, 0.1) is 11.1 Å². The van der Waals surface area contributed by atoms with E-state index in [0.717, 1.165) is 69.2 Å². The molecule has 0 spiro atoms. The largest absolute Gasteiger partial charge is 0.416 e. The van der Waals surface area contributed by atoms with Gasteiger partial charge in [-0.15, -0.1) is 5.10 Å². The average Bonchev–Trinajstić information content (AvgIpc) is 3.13. The molecule has 2 aromatic carbocycles. The smallest absolute Gasteiger partial charge is 0.369 e. The molecule has 1 aromatic heterocycles. The number of piperazine rings is 1. The maximum Gasteiger partial charge on any atom is 0.416 e. The average molecular weight is 432 g/mol. The first-order valence-electron chi connectivity index (χ1n) is 10.8. The predicted octanol–water partition coefficient (Wildman–Crippen LogP) is 4.67. The lowest BCUT2D eigenvalue weighted by atomic mass is 10.1. The molecule has 3 aromatic rings. The van der Waals surface area contributed by atoms with Gasteiger partial charge in [0.1, 0.15) is 5.52 Å². The molecule has 1 aliphatic heterocycles. The first-order chi connectivity index (χ1) is 14.8. The van der Waals surface area contributed by atoms with Gasteiger partial charge in [-0.3, -0.25) is 4.90 Å².